The normalized spacial score (nSPS) is 14.5. The fourth-order valence-electron chi connectivity index (χ4n) is 3.67. The number of carbonyl (C=O) groups is 3. The Balaban J connectivity index is 1.59. The number of methoxy groups -OCH3 is 1. The molecule has 0 aromatic heterocycles. The number of carbonyl (C=O) groups excluding carboxylic acids is 3. The molecule has 1 N–H and O–H groups in total. The van der Waals surface area contributed by atoms with Crippen molar-refractivity contribution in [3.63, 3.8) is 0 Å². The van der Waals surface area contributed by atoms with Crippen molar-refractivity contribution in [2.24, 2.45) is 0 Å². The first-order chi connectivity index (χ1) is 18.3. The van der Waals surface area contributed by atoms with Crippen LogP contribution in [-0.2, 0) is 16.2 Å². The maximum Gasteiger partial charge on any atom is 0.335 e. The maximum absolute atomic E-state index is 13.3. The molecular weight excluding hydrogens is 623 g/mol. The quantitative estimate of drug-likeness (QED) is 0.175. The predicted molar refractivity (Wildman–Crippen MR) is 153 cm³/mol. The molecule has 1 fully saturated rings. The molecule has 0 spiro atoms. The van der Waals surface area contributed by atoms with Gasteiger partial charge in [-0.1, -0.05) is 30.7 Å². The Bertz CT molecular complexity index is 1390. The Morgan fingerprint density at radius 2 is 1.71 bits per heavy atom. The summed E-state index contributed by atoms with van der Waals surface area (Å²) in [5.74, 6) is 0.0466. The van der Waals surface area contributed by atoms with E-state index >= 15 is 0 Å². The zero-order chi connectivity index (χ0) is 27.2. The fraction of sp³-hybridized carbons (Fsp3) is 0.179. The Morgan fingerprint density at radius 3 is 2.37 bits per heavy atom. The van der Waals surface area contributed by atoms with Crippen molar-refractivity contribution in [1.82, 2.24) is 5.32 Å². The first-order valence-electron chi connectivity index (χ1n) is 11.7. The maximum atomic E-state index is 13.3. The average molecular weight is 647 g/mol. The third-order valence-corrected chi connectivity index (χ3v) is 6.58. The monoisotopic (exact) mass is 646 g/mol. The van der Waals surface area contributed by atoms with Gasteiger partial charge in [-0.3, -0.25) is 14.9 Å². The van der Waals surface area contributed by atoms with Crippen LogP contribution in [0.15, 0.2) is 66.2 Å². The summed E-state index contributed by atoms with van der Waals surface area (Å²) in [7, 11) is 1.50. The zero-order valence-corrected chi connectivity index (χ0v) is 23.5. The van der Waals surface area contributed by atoms with Crippen LogP contribution in [0.5, 0.6) is 17.2 Å². The van der Waals surface area contributed by atoms with Gasteiger partial charge in [0.1, 0.15) is 17.9 Å². The number of hydrogen-bond donors (Lipinski definition) is 1. The van der Waals surface area contributed by atoms with Crippen molar-refractivity contribution in [3.8, 4) is 17.2 Å². The van der Waals surface area contributed by atoms with Gasteiger partial charge < -0.3 is 14.2 Å². The molecule has 1 aliphatic rings. The van der Waals surface area contributed by atoms with Gasteiger partial charge in [0, 0.05) is 5.02 Å². The summed E-state index contributed by atoms with van der Waals surface area (Å²) in [6.45, 7) is 2.84. The molecular formula is C28H24ClIN2O6. The highest BCUT2D eigenvalue weighted by Crippen LogP contribution is 2.35. The van der Waals surface area contributed by atoms with Gasteiger partial charge in [-0.05, 0) is 94.7 Å². The van der Waals surface area contributed by atoms with Crippen molar-refractivity contribution in [1.29, 1.82) is 0 Å². The van der Waals surface area contributed by atoms with Crippen molar-refractivity contribution in [2.45, 2.75) is 20.0 Å². The van der Waals surface area contributed by atoms with Crippen molar-refractivity contribution >= 4 is 63.8 Å². The van der Waals surface area contributed by atoms with Gasteiger partial charge in [0.15, 0.2) is 11.5 Å². The molecule has 0 radical (unpaired) electrons. The molecule has 0 aliphatic carbocycles. The number of amides is 4. The number of hydrogen-bond acceptors (Lipinski definition) is 6. The van der Waals surface area contributed by atoms with Crippen LogP contribution in [-0.4, -0.2) is 31.6 Å². The minimum Gasteiger partial charge on any atom is -0.494 e. The lowest BCUT2D eigenvalue weighted by Crippen LogP contribution is -2.54. The second kappa shape index (κ2) is 12.3. The van der Waals surface area contributed by atoms with Gasteiger partial charge in [-0.2, -0.15) is 0 Å². The predicted octanol–water partition coefficient (Wildman–Crippen LogP) is 5.99. The number of urea groups is 1. The lowest BCUT2D eigenvalue weighted by atomic mass is 10.1. The van der Waals surface area contributed by atoms with Crippen molar-refractivity contribution < 1.29 is 28.6 Å². The minimum absolute atomic E-state index is 0.191. The highest BCUT2D eigenvalue weighted by molar-refractivity contribution is 14.1. The number of rotatable bonds is 9. The van der Waals surface area contributed by atoms with Crippen LogP contribution in [0, 0.1) is 3.57 Å². The Labute approximate surface area is 238 Å². The summed E-state index contributed by atoms with van der Waals surface area (Å²) in [5.41, 5.74) is 1.58. The van der Waals surface area contributed by atoms with E-state index in [1.54, 1.807) is 48.5 Å². The van der Waals surface area contributed by atoms with Crippen molar-refractivity contribution in [3.05, 3.63) is 86.0 Å². The van der Waals surface area contributed by atoms with Gasteiger partial charge in [0.25, 0.3) is 11.8 Å². The number of barbiturate groups is 1. The van der Waals surface area contributed by atoms with Crippen LogP contribution in [0.2, 0.25) is 5.02 Å². The first-order valence-corrected chi connectivity index (χ1v) is 13.2. The number of nitrogens with zero attached hydrogens (tertiary/aromatic N) is 1. The molecule has 196 valence electrons. The third-order valence-electron chi connectivity index (χ3n) is 5.53. The highest BCUT2D eigenvalue weighted by Gasteiger charge is 2.37. The molecule has 38 heavy (non-hydrogen) atoms. The number of anilines is 1. The SMILES string of the molecule is CCCOc1ccc(N2C(=O)NC(=O)/C(=C/c3cc(I)c(OCc4ccc(Cl)cc4)c(OC)c3)C2=O)cc1. The molecule has 4 rings (SSSR count). The topological polar surface area (TPSA) is 94.2 Å². The summed E-state index contributed by atoms with van der Waals surface area (Å²) in [4.78, 5) is 39.4. The number of halogens is 2. The van der Waals surface area contributed by atoms with E-state index < -0.39 is 17.8 Å². The highest BCUT2D eigenvalue weighted by atomic mass is 127. The van der Waals surface area contributed by atoms with Crippen LogP contribution in [0.3, 0.4) is 0 Å². The van der Waals surface area contributed by atoms with Crippen LogP contribution in [0.1, 0.15) is 24.5 Å². The molecule has 3 aromatic rings. The smallest absolute Gasteiger partial charge is 0.335 e. The van der Waals surface area contributed by atoms with Crippen molar-refractivity contribution in [2.75, 3.05) is 18.6 Å². The third kappa shape index (κ3) is 6.28. The molecule has 1 saturated heterocycles. The number of benzene rings is 3. The lowest BCUT2D eigenvalue weighted by Gasteiger charge is -2.26. The van der Waals surface area contributed by atoms with E-state index in [0.717, 1.165) is 16.9 Å². The fourth-order valence-corrected chi connectivity index (χ4v) is 4.58. The summed E-state index contributed by atoms with van der Waals surface area (Å²) in [6, 6.07) is 16.4. The lowest BCUT2D eigenvalue weighted by molar-refractivity contribution is -0.122. The molecule has 0 atom stereocenters. The molecule has 0 unspecified atom stereocenters. The molecule has 1 heterocycles. The second-order valence-corrected chi connectivity index (χ2v) is 9.85. The minimum atomic E-state index is -0.822. The van der Waals surface area contributed by atoms with Crippen LogP contribution in [0.25, 0.3) is 6.08 Å². The van der Waals surface area contributed by atoms with E-state index in [1.807, 2.05) is 19.1 Å². The molecule has 4 amide bonds. The van der Waals surface area contributed by atoms with Gasteiger partial charge in [-0.15, -0.1) is 0 Å². The standard InChI is InChI=1S/C28H24ClIN2O6/c1-3-12-37-21-10-8-20(9-11-21)32-27(34)22(26(33)31-28(32)35)13-18-14-23(30)25(24(15-18)36-2)38-16-17-4-6-19(29)7-5-17/h4-11,13-15H,3,12,16H2,1-2H3,(H,31,33,35)/b22-13-. The summed E-state index contributed by atoms with van der Waals surface area (Å²) in [6.07, 6.45) is 2.27. The van der Waals surface area contributed by atoms with Crippen LogP contribution in [0.4, 0.5) is 10.5 Å². The van der Waals surface area contributed by atoms with Crippen LogP contribution < -0.4 is 24.4 Å². The van der Waals surface area contributed by atoms with E-state index in [0.29, 0.717) is 50.3 Å². The Hall–Kier alpha value is -3.57. The Morgan fingerprint density at radius 1 is 1.00 bits per heavy atom. The summed E-state index contributed by atoms with van der Waals surface area (Å²) < 4.78 is 17.8. The van der Waals surface area contributed by atoms with E-state index in [-0.39, 0.29) is 5.57 Å². The number of nitrogens with one attached hydrogen (secondary N) is 1. The number of ether oxygens (including phenoxy) is 3. The van der Waals surface area contributed by atoms with E-state index in [2.05, 4.69) is 27.9 Å². The summed E-state index contributed by atoms with van der Waals surface area (Å²) in [5, 5.41) is 2.87. The molecule has 10 heteroatoms. The van der Waals surface area contributed by atoms with Gasteiger partial charge in [0.05, 0.1) is 23.0 Å². The largest absolute Gasteiger partial charge is 0.494 e. The molecule has 1 aliphatic heterocycles. The van der Waals surface area contributed by atoms with E-state index in [1.165, 1.54) is 13.2 Å². The van der Waals surface area contributed by atoms with Gasteiger partial charge >= 0.3 is 6.03 Å². The van der Waals surface area contributed by atoms with E-state index in [9.17, 15) is 14.4 Å². The van der Waals surface area contributed by atoms with E-state index in [4.69, 9.17) is 25.8 Å². The average Bonchev–Trinajstić information content (AvgIpc) is 2.90. The molecule has 0 bridgehead atoms. The van der Waals surface area contributed by atoms with Gasteiger partial charge in [0.2, 0.25) is 0 Å². The number of imide groups is 2. The van der Waals surface area contributed by atoms with Crippen LogP contribution >= 0.6 is 34.2 Å². The molecule has 8 nitrogen and oxygen atoms in total. The molecule has 0 saturated carbocycles. The van der Waals surface area contributed by atoms with Gasteiger partial charge in [-0.25, -0.2) is 9.69 Å². The Kier molecular flexibility index (Phi) is 8.90. The zero-order valence-electron chi connectivity index (χ0n) is 20.6. The summed E-state index contributed by atoms with van der Waals surface area (Å²) >= 11 is 8.05. The first kappa shape index (κ1) is 27.5. The second-order valence-electron chi connectivity index (χ2n) is 8.25. The molecule has 3 aromatic carbocycles.